The second-order valence-electron chi connectivity index (χ2n) is 9.42. The number of rotatable bonds is 8. The summed E-state index contributed by atoms with van der Waals surface area (Å²) < 4.78 is 19.5. The van der Waals surface area contributed by atoms with E-state index < -0.39 is 6.04 Å². The molecular weight excluding hydrogens is 445 g/mol. The molecule has 0 saturated heterocycles. The van der Waals surface area contributed by atoms with Gasteiger partial charge in [-0.3, -0.25) is 4.79 Å². The molecule has 4 N–H and O–H groups in total. The Morgan fingerprint density at radius 3 is 2.74 bits per heavy atom. The summed E-state index contributed by atoms with van der Waals surface area (Å²) >= 11 is 0. The van der Waals surface area contributed by atoms with Gasteiger partial charge < -0.3 is 30.9 Å². The molecule has 1 aliphatic carbocycles. The lowest BCUT2D eigenvalue weighted by Gasteiger charge is -2.35. The van der Waals surface area contributed by atoms with Gasteiger partial charge in [0.05, 0.1) is 18.0 Å². The van der Waals surface area contributed by atoms with Crippen LogP contribution in [0.5, 0.6) is 0 Å². The van der Waals surface area contributed by atoms with Crippen molar-refractivity contribution < 1.29 is 13.9 Å². The predicted octanol–water partition coefficient (Wildman–Crippen LogP) is 3.03. The lowest BCUT2D eigenvalue weighted by Crippen LogP contribution is -2.49. The Morgan fingerprint density at radius 1 is 1.26 bits per heavy atom. The largest absolute Gasteiger partial charge is 0.405 e. The van der Waals surface area contributed by atoms with E-state index in [0.29, 0.717) is 23.7 Å². The normalized spacial score (nSPS) is 22.8. The Bertz CT molecular complexity index is 1060. The minimum absolute atomic E-state index is 0.142. The molecule has 0 bridgehead atoms. The van der Waals surface area contributed by atoms with E-state index in [0.717, 1.165) is 17.0 Å². The van der Waals surface area contributed by atoms with E-state index >= 15 is 0 Å². The van der Waals surface area contributed by atoms with Crippen molar-refractivity contribution in [2.45, 2.75) is 44.4 Å². The Morgan fingerprint density at radius 2 is 2.03 bits per heavy atom. The Kier molecular flexibility index (Phi) is 7.80. The molecule has 8 heteroatoms. The average Bonchev–Trinajstić information content (AvgIpc) is 3.46. The number of carbonyl (C=O) groups is 1. The van der Waals surface area contributed by atoms with E-state index in [4.69, 9.17) is 10.5 Å². The highest BCUT2D eigenvalue weighted by Gasteiger charge is 2.43. The van der Waals surface area contributed by atoms with E-state index in [2.05, 4.69) is 34.5 Å². The van der Waals surface area contributed by atoms with Gasteiger partial charge in [0.15, 0.2) is 0 Å². The van der Waals surface area contributed by atoms with Crippen molar-refractivity contribution in [2.75, 3.05) is 27.8 Å². The van der Waals surface area contributed by atoms with Gasteiger partial charge in [-0.25, -0.2) is 4.39 Å². The van der Waals surface area contributed by atoms with Crippen molar-refractivity contribution in [1.29, 1.82) is 0 Å². The lowest BCUT2D eigenvalue weighted by atomic mass is 10.0. The summed E-state index contributed by atoms with van der Waals surface area (Å²) in [7, 11) is 5.80. The number of nitrogens with one attached hydrogen (secondary N) is 2. The van der Waals surface area contributed by atoms with E-state index in [1.807, 2.05) is 24.4 Å². The molecule has 1 aromatic carbocycles. The smallest absolute Gasteiger partial charge is 0.249 e. The zero-order valence-electron chi connectivity index (χ0n) is 20.8. The van der Waals surface area contributed by atoms with Crippen LogP contribution in [0.3, 0.4) is 0 Å². The Hall–Kier alpha value is -3.26. The average molecular weight is 482 g/mol. The number of nitrogens with two attached hydrogens (primary N) is 1. The Labute approximate surface area is 207 Å². The van der Waals surface area contributed by atoms with Crippen molar-refractivity contribution in [1.82, 2.24) is 20.4 Å². The van der Waals surface area contributed by atoms with Gasteiger partial charge in [0.2, 0.25) is 5.91 Å². The molecule has 0 radical (unpaired) electrons. The van der Waals surface area contributed by atoms with Crippen LogP contribution < -0.4 is 16.4 Å². The maximum atomic E-state index is 14.4. The fourth-order valence-electron chi connectivity index (χ4n) is 5.62. The van der Waals surface area contributed by atoms with Gasteiger partial charge in [-0.1, -0.05) is 18.9 Å². The third-order valence-corrected chi connectivity index (χ3v) is 7.18. The van der Waals surface area contributed by atoms with Crippen LogP contribution in [0.15, 0.2) is 60.2 Å². The molecule has 0 spiro atoms. The van der Waals surface area contributed by atoms with Crippen LogP contribution in [-0.4, -0.2) is 55.7 Å². The molecule has 188 valence electrons. The number of likely N-dealkylation sites (N-methyl/N-ethyl adjacent to an activating group) is 2. The third kappa shape index (κ3) is 5.22. The highest BCUT2D eigenvalue weighted by atomic mass is 19.1. The van der Waals surface area contributed by atoms with Crippen LogP contribution in [0, 0.1) is 11.7 Å². The fourth-order valence-corrected chi connectivity index (χ4v) is 5.62. The highest BCUT2D eigenvalue weighted by Crippen LogP contribution is 2.40. The van der Waals surface area contributed by atoms with Gasteiger partial charge in [0.1, 0.15) is 18.0 Å². The van der Waals surface area contributed by atoms with Crippen LogP contribution in [0.1, 0.15) is 36.8 Å². The maximum absolute atomic E-state index is 14.4. The maximum Gasteiger partial charge on any atom is 0.249 e. The summed E-state index contributed by atoms with van der Waals surface area (Å²) in [5, 5.41) is 6.23. The summed E-state index contributed by atoms with van der Waals surface area (Å²) in [5.74, 6) is 0.0825. The number of halogens is 1. The number of hydrogen-bond donors (Lipinski definition) is 3. The first kappa shape index (κ1) is 24.9. The van der Waals surface area contributed by atoms with Crippen molar-refractivity contribution in [2.24, 2.45) is 11.7 Å². The topological polar surface area (TPSA) is 82.9 Å². The van der Waals surface area contributed by atoms with Gasteiger partial charge in [-0.15, -0.1) is 0 Å². The fraction of sp³-hybridized carbons (Fsp3) is 0.444. The number of methoxy groups -OCH3 is 1. The third-order valence-electron chi connectivity index (χ3n) is 7.18. The van der Waals surface area contributed by atoms with Crippen LogP contribution in [-0.2, 0) is 16.1 Å². The second-order valence-corrected chi connectivity index (χ2v) is 9.42. The molecule has 1 fully saturated rings. The number of nitrogens with zero attached hydrogens (tertiary/aromatic N) is 2. The molecule has 1 saturated carbocycles. The molecule has 2 atom stereocenters. The number of carbonyl (C=O) groups excluding carboxylic acids is 1. The molecule has 1 aromatic rings. The second kappa shape index (κ2) is 11.0. The molecule has 2 unspecified atom stereocenters. The molecule has 35 heavy (non-hydrogen) atoms. The summed E-state index contributed by atoms with van der Waals surface area (Å²) in [4.78, 5) is 17.9. The number of dihydropyridines is 1. The van der Waals surface area contributed by atoms with Gasteiger partial charge in [0, 0.05) is 27.7 Å². The number of allylic oxidation sites excluding steroid dienone is 3. The van der Waals surface area contributed by atoms with Gasteiger partial charge in [-0.2, -0.15) is 0 Å². The number of hydrogen-bond acceptors (Lipinski definition) is 6. The first-order valence-corrected chi connectivity index (χ1v) is 12.2. The number of ether oxygens (including phenoxy) is 1. The monoisotopic (exact) mass is 481 g/mol. The number of benzene rings is 1. The molecule has 1 amide bonds. The summed E-state index contributed by atoms with van der Waals surface area (Å²) in [6, 6.07) is 4.24. The number of amides is 1. The molecule has 3 aliphatic rings. The zero-order valence-corrected chi connectivity index (χ0v) is 20.8. The van der Waals surface area contributed by atoms with Crippen LogP contribution >= 0.6 is 0 Å². The highest BCUT2D eigenvalue weighted by molar-refractivity contribution is 5.86. The molecule has 2 heterocycles. The van der Waals surface area contributed by atoms with E-state index in [1.165, 1.54) is 44.0 Å². The van der Waals surface area contributed by atoms with Crippen molar-refractivity contribution in [3.63, 3.8) is 0 Å². The minimum Gasteiger partial charge on any atom is -0.405 e. The predicted molar refractivity (Wildman–Crippen MR) is 136 cm³/mol. The zero-order chi connectivity index (χ0) is 24.9. The minimum atomic E-state index is -0.501. The van der Waals surface area contributed by atoms with Crippen molar-refractivity contribution >= 4 is 11.5 Å². The van der Waals surface area contributed by atoms with Gasteiger partial charge in [0.25, 0.3) is 0 Å². The first-order chi connectivity index (χ1) is 16.9. The van der Waals surface area contributed by atoms with Gasteiger partial charge >= 0.3 is 0 Å². The summed E-state index contributed by atoms with van der Waals surface area (Å²) in [6.45, 7) is 0.591. The molecule has 2 aliphatic heterocycles. The van der Waals surface area contributed by atoms with Gasteiger partial charge in [-0.05, 0) is 78.2 Å². The molecule has 7 nitrogen and oxygen atoms in total. The molecule has 0 aromatic heterocycles. The van der Waals surface area contributed by atoms with E-state index in [9.17, 15) is 9.18 Å². The van der Waals surface area contributed by atoms with Crippen molar-refractivity contribution in [3.8, 4) is 0 Å². The Balaban J connectivity index is 1.48. The lowest BCUT2D eigenvalue weighted by molar-refractivity contribution is -0.122. The van der Waals surface area contributed by atoms with E-state index in [-0.39, 0.29) is 24.4 Å². The molecule has 4 rings (SSSR count). The van der Waals surface area contributed by atoms with E-state index in [1.54, 1.807) is 13.2 Å². The van der Waals surface area contributed by atoms with Crippen LogP contribution in [0.25, 0.3) is 5.57 Å². The van der Waals surface area contributed by atoms with Crippen molar-refractivity contribution in [3.05, 3.63) is 77.2 Å². The molecular formula is C27H36FN5O2. The SMILES string of the molecule is COC/C=C(\C=C/N)c1cc(F)cc(CNC(=O)C2NC=CC3=C2N(C)C(C2CCCC2)N3C)c1. The van der Waals surface area contributed by atoms with Crippen LogP contribution in [0.2, 0.25) is 0 Å². The summed E-state index contributed by atoms with van der Waals surface area (Å²) in [5.41, 5.74) is 9.74. The summed E-state index contributed by atoms with van der Waals surface area (Å²) in [6.07, 6.45) is 14.1. The standard InChI is InChI=1S/C27H36FN5O2/c1-32-23-9-12-30-24(25(23)33(2)27(32)20-6-4-5-7-20)26(34)31-17-18-14-21(16-22(28)15-18)19(8-11-29)10-13-35-3/h8-12,14-16,20,24,27,30H,4-7,13,17,29H2,1-3H3,(H,31,34)/b11-8-,19-10+. The van der Waals surface area contributed by atoms with Crippen LogP contribution in [0.4, 0.5) is 4.39 Å². The quantitative estimate of drug-likeness (QED) is 0.495. The first-order valence-electron chi connectivity index (χ1n) is 12.2.